The van der Waals surface area contributed by atoms with Crippen LogP contribution in [0.25, 0.3) is 0 Å². The number of hydrogen-bond acceptors (Lipinski definition) is 1. The predicted octanol–water partition coefficient (Wildman–Crippen LogP) is -1.64. The molecule has 1 saturated carbocycles. The first kappa shape index (κ1) is 9.00. The first-order valence-electron chi connectivity index (χ1n) is 4.72. The fourth-order valence-electron chi connectivity index (χ4n) is 1.90. The molecule has 2 atom stereocenters. The SMILES string of the molecule is CCN(C)CC12CC1C=CC[I-]2. The topological polar surface area (TPSA) is 3.24 Å². The van der Waals surface area contributed by atoms with Gasteiger partial charge in [0.15, 0.2) is 0 Å². The molecule has 0 spiro atoms. The van der Waals surface area contributed by atoms with Gasteiger partial charge in [-0.1, -0.05) is 0 Å². The summed E-state index contributed by atoms with van der Waals surface area (Å²) in [7, 11) is 2.26. The zero-order valence-corrected chi connectivity index (χ0v) is 10.0. The number of nitrogens with zero attached hydrogens (tertiary/aromatic N) is 1. The Kier molecular flexibility index (Phi) is 2.47. The summed E-state index contributed by atoms with van der Waals surface area (Å²) in [6.07, 6.45) is 6.38. The van der Waals surface area contributed by atoms with Crippen LogP contribution in [0.3, 0.4) is 0 Å². The van der Waals surface area contributed by atoms with Gasteiger partial charge in [0.1, 0.15) is 0 Å². The van der Waals surface area contributed by atoms with Gasteiger partial charge in [0.25, 0.3) is 0 Å². The number of halogens is 1. The van der Waals surface area contributed by atoms with E-state index in [2.05, 4.69) is 31.0 Å². The van der Waals surface area contributed by atoms with Gasteiger partial charge in [-0.05, 0) is 0 Å². The van der Waals surface area contributed by atoms with E-state index in [0.29, 0.717) is 21.2 Å². The zero-order chi connectivity index (χ0) is 8.60. The van der Waals surface area contributed by atoms with Crippen molar-refractivity contribution in [3.63, 3.8) is 0 Å². The fourth-order valence-corrected chi connectivity index (χ4v) is 5.71. The molecule has 2 heteroatoms. The monoisotopic (exact) mass is 278 g/mol. The van der Waals surface area contributed by atoms with Crippen molar-refractivity contribution < 1.29 is 21.2 Å². The number of hydrogen-bond donors (Lipinski definition) is 0. The molecular formula is C10H17IN-. The van der Waals surface area contributed by atoms with Crippen molar-refractivity contribution in [2.75, 3.05) is 24.6 Å². The summed E-state index contributed by atoms with van der Waals surface area (Å²) in [5.74, 6) is 0.980. The van der Waals surface area contributed by atoms with Crippen molar-refractivity contribution in [3.05, 3.63) is 12.2 Å². The van der Waals surface area contributed by atoms with E-state index in [-0.39, 0.29) is 0 Å². The van der Waals surface area contributed by atoms with Gasteiger partial charge in [0.2, 0.25) is 0 Å². The minimum absolute atomic E-state index is 0.471. The average Bonchev–Trinajstić information content (AvgIpc) is 2.78. The fraction of sp³-hybridized carbons (Fsp3) is 0.800. The summed E-state index contributed by atoms with van der Waals surface area (Å²) in [6, 6.07) is 0. The van der Waals surface area contributed by atoms with Crippen LogP contribution in [-0.4, -0.2) is 32.9 Å². The molecule has 1 aliphatic carbocycles. The summed E-state index contributed by atoms with van der Waals surface area (Å²) in [4.78, 5) is 2.48. The number of rotatable bonds is 3. The van der Waals surface area contributed by atoms with Gasteiger partial charge in [0.05, 0.1) is 0 Å². The Morgan fingerprint density at radius 2 is 2.50 bits per heavy atom. The summed E-state index contributed by atoms with van der Waals surface area (Å²) in [6.45, 7) is 4.83. The molecule has 0 bridgehead atoms. The van der Waals surface area contributed by atoms with Crippen LogP contribution in [0, 0.1) is 5.92 Å². The first-order chi connectivity index (χ1) is 5.77. The Labute approximate surface area is 85.5 Å². The van der Waals surface area contributed by atoms with E-state index >= 15 is 0 Å². The molecule has 0 saturated heterocycles. The molecular weight excluding hydrogens is 261 g/mol. The maximum atomic E-state index is 2.48. The molecule has 70 valence electrons. The van der Waals surface area contributed by atoms with Gasteiger partial charge >= 0.3 is 85.5 Å². The molecule has 1 heterocycles. The summed E-state index contributed by atoms with van der Waals surface area (Å²) in [5, 5.41) is 0. The van der Waals surface area contributed by atoms with Crippen molar-refractivity contribution in [1.29, 1.82) is 0 Å². The zero-order valence-electron chi connectivity index (χ0n) is 7.89. The molecule has 1 fully saturated rings. The molecule has 0 N–H and O–H groups in total. The van der Waals surface area contributed by atoms with Crippen molar-refractivity contribution in [1.82, 2.24) is 4.90 Å². The summed E-state index contributed by atoms with van der Waals surface area (Å²) >= 11 is 0.471. The normalized spacial score (nSPS) is 39.1. The molecule has 2 rings (SSSR count). The number of fused-ring (bicyclic) bond motifs is 1. The van der Waals surface area contributed by atoms with Crippen LogP contribution < -0.4 is 21.2 Å². The van der Waals surface area contributed by atoms with Crippen molar-refractivity contribution >= 4 is 0 Å². The Morgan fingerprint density at radius 3 is 3.17 bits per heavy atom. The third-order valence-corrected chi connectivity index (χ3v) is 6.99. The Morgan fingerprint density at radius 1 is 1.67 bits per heavy atom. The van der Waals surface area contributed by atoms with E-state index < -0.39 is 0 Å². The van der Waals surface area contributed by atoms with Gasteiger partial charge in [-0.3, -0.25) is 0 Å². The van der Waals surface area contributed by atoms with Crippen LogP contribution in [0.15, 0.2) is 12.2 Å². The predicted molar refractivity (Wildman–Crippen MR) is 48.0 cm³/mol. The van der Waals surface area contributed by atoms with Gasteiger partial charge < -0.3 is 0 Å². The number of allylic oxidation sites excluding steroid dienone is 2. The molecule has 0 amide bonds. The maximum absolute atomic E-state index is 2.48. The molecule has 0 aromatic rings. The molecule has 2 aliphatic rings. The third kappa shape index (κ3) is 1.55. The van der Waals surface area contributed by atoms with Gasteiger partial charge in [-0.2, -0.15) is 0 Å². The summed E-state index contributed by atoms with van der Waals surface area (Å²) in [5.41, 5.74) is 0. The van der Waals surface area contributed by atoms with Crippen molar-refractivity contribution in [3.8, 4) is 0 Å². The van der Waals surface area contributed by atoms with E-state index in [1.54, 1.807) is 0 Å². The van der Waals surface area contributed by atoms with Crippen LogP contribution in [0.2, 0.25) is 0 Å². The Balaban J connectivity index is 1.93. The summed E-state index contributed by atoms with van der Waals surface area (Å²) < 4.78 is 2.24. The Bertz CT molecular complexity index is 202. The van der Waals surface area contributed by atoms with E-state index in [1.165, 1.54) is 23.9 Å². The molecule has 1 aliphatic heterocycles. The van der Waals surface area contributed by atoms with Crippen LogP contribution in [0.4, 0.5) is 0 Å². The van der Waals surface area contributed by atoms with E-state index in [0.717, 1.165) is 9.34 Å². The second-order valence-electron chi connectivity index (χ2n) is 3.89. The van der Waals surface area contributed by atoms with Crippen molar-refractivity contribution in [2.24, 2.45) is 5.92 Å². The van der Waals surface area contributed by atoms with Crippen LogP contribution in [0.1, 0.15) is 13.3 Å². The molecule has 1 nitrogen and oxygen atoms in total. The van der Waals surface area contributed by atoms with E-state index in [4.69, 9.17) is 0 Å². The van der Waals surface area contributed by atoms with Crippen molar-refractivity contribution in [2.45, 2.75) is 16.8 Å². The van der Waals surface area contributed by atoms with Gasteiger partial charge in [-0.25, -0.2) is 0 Å². The quantitative estimate of drug-likeness (QED) is 0.340. The second kappa shape index (κ2) is 3.29. The minimum atomic E-state index is 0.471. The van der Waals surface area contributed by atoms with E-state index in [9.17, 15) is 0 Å². The first-order valence-corrected chi connectivity index (χ1v) is 7.33. The Hall–Kier alpha value is 0.430. The van der Waals surface area contributed by atoms with Gasteiger partial charge in [0, 0.05) is 0 Å². The second-order valence-corrected chi connectivity index (χ2v) is 7.68. The molecule has 12 heavy (non-hydrogen) atoms. The van der Waals surface area contributed by atoms with Crippen LogP contribution >= 0.6 is 0 Å². The van der Waals surface area contributed by atoms with Crippen LogP contribution in [-0.2, 0) is 0 Å². The van der Waals surface area contributed by atoms with Gasteiger partial charge in [-0.15, -0.1) is 0 Å². The molecule has 0 radical (unpaired) electrons. The standard InChI is InChI=1S/C10H17IN/c1-3-12(2)8-10-7-9(10)5-4-6-11-10/h4-5,9H,3,6-8H2,1-2H3/q-1. The molecule has 0 aromatic heterocycles. The van der Waals surface area contributed by atoms with Crippen LogP contribution in [0.5, 0.6) is 0 Å². The number of alkyl halides is 2. The molecule has 2 unspecified atom stereocenters. The molecule has 0 aromatic carbocycles. The average molecular weight is 278 g/mol. The third-order valence-electron chi connectivity index (χ3n) is 2.94. The van der Waals surface area contributed by atoms with E-state index in [1.807, 2.05) is 0 Å².